The fraction of sp³-hybridized carbons (Fsp3) is 0.375. The third-order valence-electron chi connectivity index (χ3n) is 4.03. The van der Waals surface area contributed by atoms with Gasteiger partial charge in [-0.2, -0.15) is 4.98 Å². The van der Waals surface area contributed by atoms with Gasteiger partial charge in [0.1, 0.15) is 0 Å². The summed E-state index contributed by atoms with van der Waals surface area (Å²) in [7, 11) is 0. The molecule has 0 amide bonds. The van der Waals surface area contributed by atoms with Gasteiger partial charge in [-0.25, -0.2) is 9.89 Å². The van der Waals surface area contributed by atoms with Crippen molar-refractivity contribution in [3.8, 4) is 11.4 Å². The number of halogens is 1. The van der Waals surface area contributed by atoms with Crippen molar-refractivity contribution in [3.63, 3.8) is 0 Å². The zero-order valence-corrected chi connectivity index (χ0v) is 15.3. The molecule has 4 rings (SSSR count). The molecule has 1 aliphatic heterocycles. The molecule has 2 aromatic heterocycles. The Balaban J connectivity index is 1.43. The zero-order chi connectivity index (χ0) is 17.9. The van der Waals surface area contributed by atoms with Crippen molar-refractivity contribution in [2.75, 3.05) is 6.61 Å². The lowest BCUT2D eigenvalue weighted by Crippen LogP contribution is -2.24. The summed E-state index contributed by atoms with van der Waals surface area (Å²) in [6, 6.07) is 7.21. The topological polar surface area (TPSA) is 98.8 Å². The quantitative estimate of drug-likeness (QED) is 0.643. The Morgan fingerprint density at radius 2 is 2.19 bits per heavy atom. The number of aromatic amines is 1. The van der Waals surface area contributed by atoms with E-state index < -0.39 is 0 Å². The van der Waals surface area contributed by atoms with E-state index in [4.69, 9.17) is 20.9 Å². The van der Waals surface area contributed by atoms with Crippen LogP contribution >= 0.6 is 23.4 Å². The SMILES string of the molecule is O=c1[nH]nc(SCc2nc(-c3ccc(Cl)cc3)no2)n1C[C@H]1CCCO1. The fourth-order valence-electron chi connectivity index (χ4n) is 2.72. The van der Waals surface area contributed by atoms with Crippen LogP contribution in [0.2, 0.25) is 5.02 Å². The van der Waals surface area contributed by atoms with Crippen LogP contribution in [0.1, 0.15) is 18.7 Å². The summed E-state index contributed by atoms with van der Waals surface area (Å²) in [5.74, 6) is 1.37. The first-order valence-electron chi connectivity index (χ1n) is 8.17. The first-order valence-corrected chi connectivity index (χ1v) is 9.53. The third kappa shape index (κ3) is 3.84. The molecule has 8 nitrogen and oxygen atoms in total. The summed E-state index contributed by atoms with van der Waals surface area (Å²) in [5.41, 5.74) is 0.583. The number of thioether (sulfide) groups is 1. The lowest BCUT2D eigenvalue weighted by Gasteiger charge is -2.10. The minimum atomic E-state index is -0.240. The monoisotopic (exact) mass is 393 g/mol. The number of ether oxygens (including phenoxy) is 1. The molecule has 0 spiro atoms. The van der Waals surface area contributed by atoms with Gasteiger partial charge in [0, 0.05) is 17.2 Å². The van der Waals surface area contributed by atoms with Gasteiger partial charge >= 0.3 is 5.69 Å². The molecular weight excluding hydrogens is 378 g/mol. The number of nitrogens with one attached hydrogen (secondary N) is 1. The minimum absolute atomic E-state index is 0.0598. The summed E-state index contributed by atoms with van der Waals surface area (Å²) in [5, 5.41) is 11.8. The maximum atomic E-state index is 12.0. The van der Waals surface area contributed by atoms with Crippen molar-refractivity contribution in [2.45, 2.75) is 36.4 Å². The van der Waals surface area contributed by atoms with E-state index in [1.54, 1.807) is 16.7 Å². The van der Waals surface area contributed by atoms with Gasteiger partial charge in [0.25, 0.3) is 0 Å². The van der Waals surface area contributed by atoms with E-state index in [2.05, 4.69) is 20.3 Å². The highest BCUT2D eigenvalue weighted by Gasteiger charge is 2.20. The maximum absolute atomic E-state index is 12.0. The molecule has 0 bridgehead atoms. The molecule has 1 aliphatic rings. The molecule has 136 valence electrons. The van der Waals surface area contributed by atoms with Crippen molar-refractivity contribution in [1.82, 2.24) is 24.9 Å². The maximum Gasteiger partial charge on any atom is 0.344 e. The van der Waals surface area contributed by atoms with Gasteiger partial charge < -0.3 is 9.26 Å². The lowest BCUT2D eigenvalue weighted by atomic mass is 10.2. The molecular formula is C16H16ClN5O3S. The van der Waals surface area contributed by atoms with E-state index in [1.807, 2.05) is 12.1 Å². The number of hydrogen-bond acceptors (Lipinski definition) is 7. The van der Waals surface area contributed by atoms with E-state index in [0.29, 0.717) is 34.2 Å². The van der Waals surface area contributed by atoms with Crippen LogP contribution in [0, 0.1) is 0 Å². The highest BCUT2D eigenvalue weighted by molar-refractivity contribution is 7.98. The van der Waals surface area contributed by atoms with Crippen LogP contribution in [0.5, 0.6) is 0 Å². The standard InChI is InChI=1S/C16H16ClN5O3S/c17-11-5-3-10(4-6-11)14-18-13(25-21-14)9-26-16-20-19-15(23)22(16)8-12-2-1-7-24-12/h3-6,12H,1-2,7-9H2,(H,19,23)/t12-/m1/s1. The Morgan fingerprint density at radius 1 is 1.35 bits per heavy atom. The lowest BCUT2D eigenvalue weighted by molar-refractivity contribution is 0.0941. The van der Waals surface area contributed by atoms with Gasteiger partial charge in [-0.15, -0.1) is 5.10 Å². The number of rotatable bonds is 6. The molecule has 0 unspecified atom stereocenters. The van der Waals surface area contributed by atoms with Crippen molar-refractivity contribution in [1.29, 1.82) is 0 Å². The van der Waals surface area contributed by atoms with Crippen LogP contribution in [0.25, 0.3) is 11.4 Å². The molecule has 1 N–H and O–H groups in total. The normalized spacial score (nSPS) is 17.0. The van der Waals surface area contributed by atoms with E-state index in [9.17, 15) is 4.79 Å². The molecule has 0 aliphatic carbocycles. The number of H-pyrrole nitrogens is 1. The van der Waals surface area contributed by atoms with E-state index in [-0.39, 0.29) is 11.8 Å². The third-order valence-corrected chi connectivity index (χ3v) is 5.24. The summed E-state index contributed by atoms with van der Waals surface area (Å²) in [6.45, 7) is 1.24. The first kappa shape index (κ1) is 17.3. The van der Waals surface area contributed by atoms with Crippen LogP contribution in [0.3, 0.4) is 0 Å². The van der Waals surface area contributed by atoms with Gasteiger partial charge in [0.05, 0.1) is 18.4 Å². The Kier molecular flexibility index (Phi) is 5.09. The van der Waals surface area contributed by atoms with Gasteiger partial charge in [0.2, 0.25) is 11.7 Å². The van der Waals surface area contributed by atoms with E-state index in [0.717, 1.165) is 25.0 Å². The molecule has 3 aromatic rings. The summed E-state index contributed by atoms with van der Waals surface area (Å²) >= 11 is 7.25. The number of benzene rings is 1. The van der Waals surface area contributed by atoms with Crippen LogP contribution in [-0.2, 0) is 17.0 Å². The van der Waals surface area contributed by atoms with Gasteiger partial charge in [-0.1, -0.05) is 28.5 Å². The molecule has 26 heavy (non-hydrogen) atoms. The molecule has 1 aromatic carbocycles. The van der Waals surface area contributed by atoms with Crippen LogP contribution in [-0.4, -0.2) is 37.6 Å². The highest BCUT2D eigenvalue weighted by atomic mass is 35.5. The number of hydrogen-bond donors (Lipinski definition) is 1. The number of nitrogens with zero attached hydrogens (tertiary/aromatic N) is 4. The van der Waals surface area contributed by atoms with Crippen molar-refractivity contribution in [2.24, 2.45) is 0 Å². The zero-order valence-electron chi connectivity index (χ0n) is 13.7. The largest absolute Gasteiger partial charge is 0.376 e. The molecule has 1 fully saturated rings. The number of aromatic nitrogens is 5. The predicted molar refractivity (Wildman–Crippen MR) is 96.1 cm³/mol. The van der Waals surface area contributed by atoms with Gasteiger partial charge in [-0.05, 0) is 37.1 Å². The summed E-state index contributed by atoms with van der Waals surface area (Å²) < 4.78 is 12.5. The first-order chi connectivity index (χ1) is 12.7. The van der Waals surface area contributed by atoms with Gasteiger partial charge in [0.15, 0.2) is 5.16 Å². The molecule has 1 saturated heterocycles. The Hall–Kier alpha value is -2.10. The Bertz CT molecular complexity index is 930. The van der Waals surface area contributed by atoms with E-state index >= 15 is 0 Å². The fourth-order valence-corrected chi connectivity index (χ4v) is 3.64. The average Bonchev–Trinajstić information content (AvgIpc) is 3.38. The second-order valence-electron chi connectivity index (χ2n) is 5.86. The Labute approximate surface area is 157 Å². The average molecular weight is 394 g/mol. The smallest absolute Gasteiger partial charge is 0.344 e. The summed E-state index contributed by atoms with van der Waals surface area (Å²) in [4.78, 5) is 16.3. The predicted octanol–water partition coefficient (Wildman–Crippen LogP) is 2.75. The summed E-state index contributed by atoms with van der Waals surface area (Å²) in [6.07, 6.45) is 2.04. The van der Waals surface area contributed by atoms with E-state index in [1.165, 1.54) is 11.8 Å². The minimum Gasteiger partial charge on any atom is -0.376 e. The molecule has 0 saturated carbocycles. The second-order valence-corrected chi connectivity index (χ2v) is 7.24. The Morgan fingerprint density at radius 3 is 2.96 bits per heavy atom. The van der Waals surface area contributed by atoms with Crippen LogP contribution < -0.4 is 5.69 Å². The molecule has 10 heteroatoms. The van der Waals surface area contributed by atoms with Crippen molar-refractivity contribution >= 4 is 23.4 Å². The second kappa shape index (κ2) is 7.65. The van der Waals surface area contributed by atoms with Crippen LogP contribution in [0.4, 0.5) is 0 Å². The highest BCUT2D eigenvalue weighted by Crippen LogP contribution is 2.23. The van der Waals surface area contributed by atoms with Crippen LogP contribution in [0.15, 0.2) is 38.7 Å². The van der Waals surface area contributed by atoms with Crippen molar-refractivity contribution < 1.29 is 9.26 Å². The molecule has 1 atom stereocenters. The molecule has 3 heterocycles. The molecule has 0 radical (unpaired) electrons. The van der Waals surface area contributed by atoms with Crippen molar-refractivity contribution in [3.05, 3.63) is 45.7 Å². The van der Waals surface area contributed by atoms with Gasteiger partial charge in [-0.3, -0.25) is 4.57 Å².